The molecule has 276 valence electrons. The number of methoxy groups -OCH3 is 1. The van der Waals surface area contributed by atoms with Crippen LogP contribution in [-0.2, 0) is 20.2 Å². The van der Waals surface area contributed by atoms with Gasteiger partial charge in [-0.3, -0.25) is 35.7 Å². The standard InChI is InChI=1S/C33H30N12O7S2.2Na/c1-52-25-15-13-22(14-16-25)37-31-41-29(35)43-33(45-31)39-24-12-10-20(27(18-24)54(49,50)51)8-7-19-9-11-23(17-26(19)53(46,47)48)38-32-42-28(34)40-30(44-32)36-21-5-3-2-4-6-21;;/h2-18H,1H3,(H,46,47,48)(H,49,50,51)(H4,34,36,38,40,42,44)(H4,35,37,39,41,43,45);;/q;2*+1/p-2/b8-7+;;. The van der Waals surface area contributed by atoms with E-state index in [2.05, 4.69) is 50.2 Å². The number of nitrogens with zero attached hydrogens (tertiary/aromatic N) is 4. The molecule has 0 radical (unpaired) electrons. The fourth-order valence-electron chi connectivity index (χ4n) is 4.87. The van der Waals surface area contributed by atoms with Crippen LogP contribution >= 0.6 is 0 Å². The molecule has 0 fully saturated rings. The molecule has 0 spiro atoms. The number of anilines is 2. The molecule has 0 saturated carbocycles. The zero-order valence-corrected chi connectivity index (χ0v) is 35.4. The van der Waals surface area contributed by atoms with Crippen LogP contribution in [-0.4, -0.2) is 63.0 Å². The molecule has 0 bridgehead atoms. The third kappa shape index (κ3) is 11.8. The Kier molecular flexibility index (Phi) is 14.7. The van der Waals surface area contributed by atoms with E-state index in [0.717, 1.165) is 24.3 Å². The molecule has 0 aliphatic carbocycles. The summed E-state index contributed by atoms with van der Waals surface area (Å²) in [5.41, 5.74) is 0.663. The van der Waals surface area contributed by atoms with Gasteiger partial charge in [-0.1, -0.05) is 42.5 Å². The minimum atomic E-state index is -5.10. The van der Waals surface area contributed by atoms with Crippen LogP contribution in [0.15, 0.2) is 116 Å². The third-order valence-electron chi connectivity index (χ3n) is 7.23. The van der Waals surface area contributed by atoms with Crippen molar-refractivity contribution >= 4 is 61.1 Å². The van der Waals surface area contributed by atoms with Crippen LogP contribution in [0.3, 0.4) is 0 Å². The van der Waals surface area contributed by atoms with Crippen molar-refractivity contribution in [1.29, 1.82) is 10.8 Å². The van der Waals surface area contributed by atoms with Gasteiger partial charge in [-0.25, -0.2) is 31.8 Å². The number of hydrogen-bond acceptors (Lipinski definition) is 14. The SMILES string of the molecule is COc1ccc(Nc2nc(=N)[nH]c(=Nc3ccc(/C=C/c4ccc(N=c5[nH]c(=N)[nH]c(=Nc6ccccc6)[nH]5)cc4S(=O)(=O)[O-])c(S(=O)(=O)[O-])c3)[nH]2)cc1.[Na+].[Na+]. The summed E-state index contributed by atoms with van der Waals surface area (Å²) in [5.74, 6) is 0.763. The molecule has 4 aromatic carbocycles. The van der Waals surface area contributed by atoms with Gasteiger partial charge >= 0.3 is 59.1 Å². The Morgan fingerprint density at radius 3 is 1.66 bits per heavy atom. The van der Waals surface area contributed by atoms with E-state index in [1.807, 2.05) is 6.07 Å². The number of H-pyrrole nitrogens is 5. The molecule has 0 amide bonds. The molecule has 56 heavy (non-hydrogen) atoms. The molecular formula is C33H28N12Na2O7S2. The molecule has 0 saturated heterocycles. The van der Waals surface area contributed by atoms with Crippen LogP contribution < -0.4 is 97.3 Å². The normalized spacial score (nSPS) is 12.6. The summed E-state index contributed by atoms with van der Waals surface area (Å²) in [6, 6.07) is 23.0. The first-order valence-corrected chi connectivity index (χ1v) is 18.2. The molecule has 23 heteroatoms. The Morgan fingerprint density at radius 1 is 0.661 bits per heavy atom. The topological polar surface area (TPSA) is 312 Å². The molecule has 0 unspecified atom stereocenters. The summed E-state index contributed by atoms with van der Waals surface area (Å²) < 4.78 is 79.1. The molecule has 0 atom stereocenters. The molecule has 2 heterocycles. The Balaban J connectivity index is 0.00000348. The van der Waals surface area contributed by atoms with Crippen LogP contribution in [0.1, 0.15) is 11.1 Å². The van der Waals surface area contributed by atoms with Crippen LogP contribution in [0.5, 0.6) is 5.75 Å². The van der Waals surface area contributed by atoms with E-state index in [1.165, 1.54) is 31.4 Å². The van der Waals surface area contributed by atoms with Gasteiger partial charge in [-0.2, -0.15) is 4.98 Å². The summed E-state index contributed by atoms with van der Waals surface area (Å²) in [6.45, 7) is 0. The first-order valence-electron chi connectivity index (χ1n) is 15.4. The number of aromatic nitrogens is 6. The van der Waals surface area contributed by atoms with Crippen molar-refractivity contribution in [2.45, 2.75) is 9.79 Å². The Morgan fingerprint density at radius 2 is 1.16 bits per heavy atom. The van der Waals surface area contributed by atoms with Gasteiger partial charge in [0.15, 0.2) is 0 Å². The van der Waals surface area contributed by atoms with Crippen LogP contribution in [0, 0.1) is 10.8 Å². The average Bonchev–Trinajstić information content (AvgIpc) is 3.11. The van der Waals surface area contributed by atoms with Gasteiger partial charge in [0.2, 0.25) is 34.0 Å². The Labute approximate surface area is 361 Å². The summed E-state index contributed by atoms with van der Waals surface area (Å²) in [6.07, 6.45) is 2.33. The zero-order chi connectivity index (χ0) is 38.5. The van der Waals surface area contributed by atoms with Gasteiger partial charge in [0.25, 0.3) is 0 Å². The maximum Gasteiger partial charge on any atom is 1.00 e. The van der Waals surface area contributed by atoms with E-state index in [-0.39, 0.29) is 116 Å². The van der Waals surface area contributed by atoms with Gasteiger partial charge in [-0.05, 0) is 71.8 Å². The van der Waals surface area contributed by atoms with Crippen LogP contribution in [0.2, 0.25) is 0 Å². The van der Waals surface area contributed by atoms with Crippen molar-refractivity contribution < 1.29 is 89.8 Å². The smallest absolute Gasteiger partial charge is 0.744 e. The fraction of sp³-hybridized carbons (Fsp3) is 0.0303. The van der Waals surface area contributed by atoms with E-state index in [1.54, 1.807) is 48.5 Å². The first-order chi connectivity index (χ1) is 25.7. The van der Waals surface area contributed by atoms with Gasteiger partial charge in [0.05, 0.1) is 34.0 Å². The molecule has 19 nitrogen and oxygen atoms in total. The summed E-state index contributed by atoms with van der Waals surface area (Å²) in [4.78, 5) is 29.1. The number of aromatic amines is 5. The van der Waals surface area contributed by atoms with Gasteiger partial charge < -0.3 is 19.2 Å². The quantitative estimate of drug-likeness (QED) is 0.0381. The molecule has 6 aromatic rings. The second-order valence-corrected chi connectivity index (χ2v) is 13.8. The predicted molar refractivity (Wildman–Crippen MR) is 190 cm³/mol. The summed E-state index contributed by atoms with van der Waals surface area (Å²) in [7, 11) is -8.67. The Hall–Kier alpha value is -4.94. The van der Waals surface area contributed by atoms with Gasteiger partial charge in [0.1, 0.15) is 26.0 Å². The number of para-hydroxylation sites is 1. The molecule has 6 rings (SSSR count). The zero-order valence-electron chi connectivity index (χ0n) is 29.8. The molecule has 2 aromatic heterocycles. The van der Waals surface area contributed by atoms with E-state index >= 15 is 0 Å². The van der Waals surface area contributed by atoms with Crippen molar-refractivity contribution in [3.05, 3.63) is 130 Å². The second-order valence-electron chi connectivity index (χ2n) is 11.1. The van der Waals surface area contributed by atoms with Crippen molar-refractivity contribution in [3.8, 4) is 5.75 Å². The summed E-state index contributed by atoms with van der Waals surface area (Å²) in [5, 5.41) is 19.0. The van der Waals surface area contributed by atoms with Gasteiger partial charge in [0, 0.05) is 5.69 Å². The third-order valence-corrected chi connectivity index (χ3v) is 9.01. The van der Waals surface area contributed by atoms with Crippen LogP contribution in [0.25, 0.3) is 12.2 Å². The Bertz CT molecular complexity index is 2960. The van der Waals surface area contributed by atoms with Crippen molar-refractivity contribution in [2.75, 3.05) is 12.4 Å². The van der Waals surface area contributed by atoms with Crippen molar-refractivity contribution in [1.82, 2.24) is 29.9 Å². The molecule has 8 N–H and O–H groups in total. The number of nitrogens with one attached hydrogen (secondary N) is 8. The largest absolute Gasteiger partial charge is 1.00 e. The van der Waals surface area contributed by atoms with Crippen molar-refractivity contribution in [2.24, 2.45) is 15.0 Å². The number of rotatable bonds is 10. The summed E-state index contributed by atoms with van der Waals surface area (Å²) >= 11 is 0. The number of hydrogen-bond donors (Lipinski definition) is 8. The molecule has 0 aliphatic heterocycles. The monoisotopic (exact) mass is 814 g/mol. The van der Waals surface area contributed by atoms with E-state index in [9.17, 15) is 25.9 Å². The number of benzene rings is 4. The maximum atomic E-state index is 12.3. The molecule has 0 aliphatic rings. The van der Waals surface area contributed by atoms with Crippen molar-refractivity contribution in [3.63, 3.8) is 0 Å². The number of ether oxygens (including phenoxy) is 1. The second kappa shape index (κ2) is 18.8. The fourth-order valence-corrected chi connectivity index (χ4v) is 6.25. The van der Waals surface area contributed by atoms with E-state index in [0.29, 0.717) is 17.1 Å². The average molecular weight is 815 g/mol. The maximum absolute atomic E-state index is 12.3. The van der Waals surface area contributed by atoms with E-state index in [4.69, 9.17) is 15.6 Å². The van der Waals surface area contributed by atoms with Gasteiger partial charge in [-0.15, -0.1) is 0 Å². The van der Waals surface area contributed by atoms with Crippen LogP contribution in [0.4, 0.5) is 28.7 Å². The van der Waals surface area contributed by atoms with E-state index < -0.39 is 30.0 Å². The predicted octanol–water partition coefficient (Wildman–Crippen LogP) is -3.88. The molecular weight excluding hydrogens is 787 g/mol. The minimum Gasteiger partial charge on any atom is -0.744 e. The minimum absolute atomic E-state index is 0. The first kappa shape index (κ1) is 43.8.